The Labute approximate surface area is 103 Å². The maximum atomic E-state index is 12.5. The number of rotatable bonds is 1. The average molecular weight is 238 g/mol. The lowest BCUT2D eigenvalue weighted by atomic mass is 9.90. The number of carbonyl (C=O) groups excluding carboxylic acids is 1. The number of ether oxygens (including phenoxy) is 1. The number of fused-ring (bicyclic) bond motifs is 1. The van der Waals surface area contributed by atoms with E-state index in [2.05, 4.69) is 17.1 Å². The van der Waals surface area contributed by atoms with Crippen molar-refractivity contribution in [1.29, 1.82) is 0 Å². The third-order valence-electron chi connectivity index (χ3n) is 4.51. The van der Waals surface area contributed by atoms with Crippen molar-refractivity contribution in [1.82, 2.24) is 10.2 Å². The highest BCUT2D eigenvalue weighted by Crippen LogP contribution is 2.30. The minimum atomic E-state index is 0.115. The Morgan fingerprint density at radius 3 is 3.06 bits per heavy atom. The summed E-state index contributed by atoms with van der Waals surface area (Å²) in [7, 11) is 0. The summed E-state index contributed by atoms with van der Waals surface area (Å²) in [6, 6.07) is 0.451. The molecule has 1 N–H and O–H groups in total. The summed E-state index contributed by atoms with van der Waals surface area (Å²) >= 11 is 0. The number of hydrogen-bond acceptors (Lipinski definition) is 3. The van der Waals surface area contributed by atoms with Crippen molar-refractivity contribution in [2.24, 2.45) is 11.8 Å². The van der Waals surface area contributed by atoms with Gasteiger partial charge in [-0.15, -0.1) is 0 Å². The van der Waals surface area contributed by atoms with Crippen LogP contribution >= 0.6 is 0 Å². The first kappa shape index (κ1) is 11.5. The number of carbonyl (C=O) groups is 1. The van der Waals surface area contributed by atoms with Crippen LogP contribution in [0.2, 0.25) is 0 Å². The quantitative estimate of drug-likeness (QED) is 0.728. The van der Waals surface area contributed by atoms with Crippen LogP contribution in [0.1, 0.15) is 26.2 Å². The fourth-order valence-electron chi connectivity index (χ4n) is 3.57. The average Bonchev–Trinajstić information content (AvgIpc) is 2.95. The largest absolute Gasteiger partial charge is 0.378 e. The minimum absolute atomic E-state index is 0.115. The molecule has 4 atom stereocenters. The van der Waals surface area contributed by atoms with Gasteiger partial charge in [-0.1, -0.05) is 0 Å². The summed E-state index contributed by atoms with van der Waals surface area (Å²) in [6.45, 7) is 5.71. The fraction of sp³-hybridized carbons (Fsp3) is 0.923. The molecule has 4 nitrogen and oxygen atoms in total. The summed E-state index contributed by atoms with van der Waals surface area (Å²) in [4.78, 5) is 14.6. The van der Waals surface area contributed by atoms with Crippen LogP contribution in [0, 0.1) is 11.8 Å². The van der Waals surface area contributed by atoms with E-state index in [1.54, 1.807) is 0 Å². The molecule has 96 valence electrons. The zero-order valence-corrected chi connectivity index (χ0v) is 10.5. The molecule has 3 heterocycles. The summed E-state index contributed by atoms with van der Waals surface area (Å²) in [5.74, 6) is 1.14. The van der Waals surface area contributed by atoms with Gasteiger partial charge in [0.15, 0.2) is 0 Å². The van der Waals surface area contributed by atoms with Crippen LogP contribution in [-0.2, 0) is 9.53 Å². The van der Waals surface area contributed by atoms with Crippen molar-refractivity contribution in [2.45, 2.75) is 38.3 Å². The van der Waals surface area contributed by atoms with Crippen molar-refractivity contribution >= 4 is 5.91 Å². The molecule has 0 aromatic heterocycles. The number of nitrogens with one attached hydrogen (secondary N) is 1. The van der Waals surface area contributed by atoms with Crippen molar-refractivity contribution in [3.63, 3.8) is 0 Å². The first-order valence-corrected chi connectivity index (χ1v) is 6.88. The standard InChI is InChI=1S/C13H22N2O2/c1-9-5-11(8-17-9)13(16)15-4-2-3-10-6-14-7-12(10)15/h9-12,14H,2-8H2,1H3. The van der Waals surface area contributed by atoms with Gasteiger partial charge in [-0.25, -0.2) is 0 Å². The Balaban J connectivity index is 1.68. The smallest absolute Gasteiger partial charge is 0.228 e. The summed E-state index contributed by atoms with van der Waals surface area (Å²) < 4.78 is 5.53. The van der Waals surface area contributed by atoms with Gasteiger partial charge in [-0.05, 0) is 32.1 Å². The van der Waals surface area contributed by atoms with Crippen molar-refractivity contribution in [3.05, 3.63) is 0 Å². The number of amides is 1. The number of nitrogens with zero attached hydrogens (tertiary/aromatic N) is 1. The lowest BCUT2D eigenvalue weighted by Crippen LogP contribution is -2.50. The number of piperidine rings is 1. The van der Waals surface area contributed by atoms with E-state index < -0.39 is 0 Å². The van der Waals surface area contributed by atoms with E-state index in [1.807, 2.05) is 0 Å². The monoisotopic (exact) mass is 238 g/mol. The van der Waals surface area contributed by atoms with Crippen LogP contribution in [0.3, 0.4) is 0 Å². The topological polar surface area (TPSA) is 41.6 Å². The third kappa shape index (κ3) is 2.08. The van der Waals surface area contributed by atoms with Crippen LogP contribution in [0.25, 0.3) is 0 Å². The molecule has 0 radical (unpaired) electrons. The van der Waals surface area contributed by atoms with Gasteiger partial charge in [-0.3, -0.25) is 4.79 Å². The summed E-state index contributed by atoms with van der Waals surface area (Å²) in [6.07, 6.45) is 3.60. The lowest BCUT2D eigenvalue weighted by Gasteiger charge is -2.38. The van der Waals surface area contributed by atoms with Gasteiger partial charge in [0.05, 0.1) is 18.6 Å². The first-order chi connectivity index (χ1) is 8.25. The molecule has 0 spiro atoms. The molecule has 3 saturated heterocycles. The highest BCUT2D eigenvalue weighted by Gasteiger charge is 2.40. The molecular formula is C13H22N2O2. The van der Waals surface area contributed by atoms with Crippen LogP contribution in [0.15, 0.2) is 0 Å². The van der Waals surface area contributed by atoms with Crippen molar-refractivity contribution in [3.8, 4) is 0 Å². The van der Waals surface area contributed by atoms with Crippen molar-refractivity contribution in [2.75, 3.05) is 26.2 Å². The van der Waals surface area contributed by atoms with Gasteiger partial charge in [0.2, 0.25) is 5.91 Å². The Kier molecular flexibility index (Phi) is 3.09. The Hall–Kier alpha value is -0.610. The van der Waals surface area contributed by atoms with Crippen LogP contribution in [0.5, 0.6) is 0 Å². The SMILES string of the molecule is CC1CC(C(=O)N2CCCC3CNCC32)CO1. The molecule has 0 saturated carbocycles. The molecule has 1 amide bonds. The van der Waals surface area contributed by atoms with Gasteiger partial charge in [0.1, 0.15) is 0 Å². The maximum Gasteiger partial charge on any atom is 0.228 e. The van der Waals surface area contributed by atoms with Gasteiger partial charge in [0, 0.05) is 25.7 Å². The Morgan fingerprint density at radius 2 is 2.29 bits per heavy atom. The van der Waals surface area contributed by atoms with Gasteiger partial charge in [-0.2, -0.15) is 0 Å². The molecular weight excluding hydrogens is 216 g/mol. The molecule has 3 rings (SSSR count). The lowest BCUT2D eigenvalue weighted by molar-refractivity contribution is -0.139. The molecule has 3 aliphatic heterocycles. The van der Waals surface area contributed by atoms with Crippen molar-refractivity contribution < 1.29 is 9.53 Å². The van der Waals surface area contributed by atoms with Gasteiger partial charge < -0.3 is 15.0 Å². The zero-order chi connectivity index (χ0) is 11.8. The normalized spacial score (nSPS) is 41.6. The number of hydrogen-bond donors (Lipinski definition) is 1. The molecule has 17 heavy (non-hydrogen) atoms. The number of likely N-dealkylation sites (tertiary alicyclic amines) is 1. The molecule has 0 bridgehead atoms. The van der Waals surface area contributed by atoms with E-state index >= 15 is 0 Å². The minimum Gasteiger partial charge on any atom is -0.378 e. The first-order valence-electron chi connectivity index (χ1n) is 6.88. The van der Waals surface area contributed by atoms with Gasteiger partial charge in [0.25, 0.3) is 0 Å². The maximum absolute atomic E-state index is 12.5. The molecule has 4 unspecified atom stereocenters. The van der Waals surface area contributed by atoms with E-state index in [0.717, 1.165) is 32.5 Å². The van der Waals surface area contributed by atoms with E-state index in [1.165, 1.54) is 6.42 Å². The third-order valence-corrected chi connectivity index (χ3v) is 4.51. The second-order valence-corrected chi connectivity index (χ2v) is 5.74. The summed E-state index contributed by atoms with van der Waals surface area (Å²) in [5, 5.41) is 3.42. The molecule has 0 aromatic rings. The molecule has 4 heteroatoms. The van der Waals surface area contributed by atoms with Crippen LogP contribution in [-0.4, -0.2) is 49.2 Å². The molecule has 3 aliphatic rings. The van der Waals surface area contributed by atoms with E-state index in [0.29, 0.717) is 24.5 Å². The van der Waals surface area contributed by atoms with Crippen LogP contribution in [0.4, 0.5) is 0 Å². The Bertz CT molecular complexity index is 308. The molecule has 0 aliphatic carbocycles. The predicted molar refractivity (Wildman–Crippen MR) is 64.6 cm³/mol. The van der Waals surface area contributed by atoms with Crippen LogP contribution < -0.4 is 5.32 Å². The predicted octanol–water partition coefficient (Wildman–Crippen LogP) is 0.622. The Morgan fingerprint density at radius 1 is 1.41 bits per heavy atom. The van der Waals surface area contributed by atoms with E-state index in [9.17, 15) is 4.79 Å². The summed E-state index contributed by atoms with van der Waals surface area (Å²) in [5.41, 5.74) is 0. The second-order valence-electron chi connectivity index (χ2n) is 5.74. The molecule has 3 fully saturated rings. The molecule has 0 aromatic carbocycles. The highest BCUT2D eigenvalue weighted by molar-refractivity contribution is 5.79. The zero-order valence-electron chi connectivity index (χ0n) is 10.5. The highest BCUT2D eigenvalue weighted by atomic mass is 16.5. The fourth-order valence-corrected chi connectivity index (χ4v) is 3.57. The van der Waals surface area contributed by atoms with E-state index in [4.69, 9.17) is 4.74 Å². The van der Waals surface area contributed by atoms with Gasteiger partial charge >= 0.3 is 0 Å². The van der Waals surface area contributed by atoms with E-state index in [-0.39, 0.29) is 12.0 Å². The second kappa shape index (κ2) is 4.58.